The molecule has 9 heteroatoms. The summed E-state index contributed by atoms with van der Waals surface area (Å²) in [5.74, 6) is -1.56. The molecule has 1 aliphatic rings. The van der Waals surface area contributed by atoms with Gasteiger partial charge in [0.05, 0.1) is 22.7 Å². The molecule has 1 fully saturated rings. The number of carbonyl (C=O) groups is 2. The Kier molecular flexibility index (Phi) is 5.67. The summed E-state index contributed by atoms with van der Waals surface area (Å²) in [6.07, 6.45) is 2.30. The SMILES string of the molecule is COC(=O)/C=C1/S/C(=N\N=Cc2cc(C)cc(Br)c2F)NC1=O. The zero-order valence-electron chi connectivity index (χ0n) is 12.1. The number of amides is 1. The van der Waals surface area contributed by atoms with Crippen molar-refractivity contribution in [2.75, 3.05) is 7.11 Å². The Morgan fingerprint density at radius 3 is 2.91 bits per heavy atom. The van der Waals surface area contributed by atoms with Gasteiger partial charge in [0.2, 0.25) is 0 Å². The van der Waals surface area contributed by atoms with E-state index in [1.54, 1.807) is 12.1 Å². The van der Waals surface area contributed by atoms with Crippen molar-refractivity contribution in [3.63, 3.8) is 0 Å². The molecule has 0 radical (unpaired) electrons. The molecule has 1 aromatic rings. The summed E-state index contributed by atoms with van der Waals surface area (Å²) in [6, 6.07) is 3.27. The van der Waals surface area contributed by atoms with E-state index < -0.39 is 17.7 Å². The van der Waals surface area contributed by atoms with E-state index in [9.17, 15) is 14.0 Å². The number of carbonyl (C=O) groups excluding carboxylic acids is 2. The van der Waals surface area contributed by atoms with Gasteiger partial charge < -0.3 is 4.74 Å². The highest BCUT2D eigenvalue weighted by Gasteiger charge is 2.25. The van der Waals surface area contributed by atoms with Crippen LogP contribution < -0.4 is 5.32 Å². The molecule has 1 heterocycles. The molecular formula is C14H11BrFN3O3S. The average Bonchev–Trinajstić information content (AvgIpc) is 2.84. The first-order valence-electron chi connectivity index (χ1n) is 6.26. The van der Waals surface area contributed by atoms with Gasteiger partial charge in [-0.3, -0.25) is 10.1 Å². The predicted molar refractivity (Wildman–Crippen MR) is 89.7 cm³/mol. The number of rotatable bonds is 3. The lowest BCUT2D eigenvalue weighted by Crippen LogP contribution is -2.19. The quantitative estimate of drug-likeness (QED) is 0.366. The Morgan fingerprint density at radius 1 is 1.48 bits per heavy atom. The summed E-state index contributed by atoms with van der Waals surface area (Å²) in [4.78, 5) is 22.9. The first-order valence-corrected chi connectivity index (χ1v) is 7.87. The molecule has 1 amide bonds. The summed E-state index contributed by atoms with van der Waals surface area (Å²) in [5.41, 5.74) is 1.13. The van der Waals surface area contributed by atoms with E-state index >= 15 is 0 Å². The van der Waals surface area contributed by atoms with Gasteiger partial charge >= 0.3 is 5.97 Å². The number of hydrogen-bond donors (Lipinski definition) is 1. The van der Waals surface area contributed by atoms with Gasteiger partial charge in [0.15, 0.2) is 5.17 Å². The number of halogens is 2. The van der Waals surface area contributed by atoms with Crippen LogP contribution in [0, 0.1) is 12.7 Å². The fourth-order valence-corrected chi connectivity index (χ4v) is 2.96. The van der Waals surface area contributed by atoms with Crippen molar-refractivity contribution in [2.24, 2.45) is 10.2 Å². The van der Waals surface area contributed by atoms with Crippen molar-refractivity contribution >= 4 is 51.0 Å². The van der Waals surface area contributed by atoms with Gasteiger partial charge in [-0.05, 0) is 52.3 Å². The molecule has 1 aromatic carbocycles. The second kappa shape index (κ2) is 7.51. The second-order valence-corrected chi connectivity index (χ2v) is 6.27. The van der Waals surface area contributed by atoms with Crippen LogP contribution in [-0.4, -0.2) is 30.4 Å². The normalized spacial score (nSPS) is 18.0. The van der Waals surface area contributed by atoms with Crippen LogP contribution in [0.25, 0.3) is 0 Å². The molecule has 23 heavy (non-hydrogen) atoms. The van der Waals surface area contributed by atoms with Crippen LogP contribution in [0.1, 0.15) is 11.1 Å². The van der Waals surface area contributed by atoms with Crippen LogP contribution in [0.15, 0.2) is 37.8 Å². The average molecular weight is 400 g/mol. The zero-order chi connectivity index (χ0) is 17.0. The predicted octanol–water partition coefficient (Wildman–Crippen LogP) is 2.51. The number of esters is 1. The maximum Gasteiger partial charge on any atom is 0.331 e. The Balaban J connectivity index is 2.14. The minimum atomic E-state index is -0.640. The number of amidine groups is 1. The maximum absolute atomic E-state index is 13.9. The molecule has 120 valence electrons. The molecule has 1 saturated heterocycles. The first kappa shape index (κ1) is 17.4. The third-order valence-corrected chi connectivity index (χ3v) is 4.12. The van der Waals surface area contributed by atoms with Gasteiger partial charge in [0.25, 0.3) is 5.91 Å². The number of benzene rings is 1. The fraction of sp³-hybridized carbons (Fsp3) is 0.143. The van der Waals surface area contributed by atoms with Crippen LogP contribution in [-0.2, 0) is 14.3 Å². The number of aryl methyl sites for hydroxylation is 1. The van der Waals surface area contributed by atoms with E-state index in [0.29, 0.717) is 4.47 Å². The molecule has 0 atom stereocenters. The van der Waals surface area contributed by atoms with E-state index in [2.05, 4.69) is 36.2 Å². The first-order chi connectivity index (χ1) is 10.9. The van der Waals surface area contributed by atoms with Crippen LogP contribution in [0.5, 0.6) is 0 Å². The number of methoxy groups -OCH3 is 1. The van der Waals surface area contributed by atoms with Crippen molar-refractivity contribution in [1.29, 1.82) is 0 Å². The molecule has 0 aliphatic carbocycles. The van der Waals surface area contributed by atoms with Crippen molar-refractivity contribution in [3.8, 4) is 0 Å². The Labute approximate surface area is 144 Å². The molecule has 6 nitrogen and oxygen atoms in total. The lowest BCUT2D eigenvalue weighted by Gasteiger charge is -2.00. The highest BCUT2D eigenvalue weighted by atomic mass is 79.9. The lowest BCUT2D eigenvalue weighted by molar-refractivity contribution is -0.135. The molecule has 1 N–H and O–H groups in total. The number of thioether (sulfide) groups is 1. The van der Waals surface area contributed by atoms with Gasteiger partial charge in [-0.15, -0.1) is 5.10 Å². The molecule has 0 bridgehead atoms. The van der Waals surface area contributed by atoms with Crippen molar-refractivity contribution in [2.45, 2.75) is 6.92 Å². The molecule has 0 spiro atoms. The minimum Gasteiger partial charge on any atom is -0.466 e. The number of nitrogens with one attached hydrogen (secondary N) is 1. The smallest absolute Gasteiger partial charge is 0.331 e. The van der Waals surface area contributed by atoms with E-state index in [1.165, 1.54) is 13.3 Å². The number of ether oxygens (including phenoxy) is 1. The highest BCUT2D eigenvalue weighted by Crippen LogP contribution is 2.23. The van der Waals surface area contributed by atoms with Gasteiger partial charge in [-0.2, -0.15) is 5.10 Å². The van der Waals surface area contributed by atoms with Gasteiger partial charge in [0.1, 0.15) is 5.82 Å². The number of nitrogens with zero attached hydrogens (tertiary/aromatic N) is 2. The molecule has 0 unspecified atom stereocenters. The minimum absolute atomic E-state index is 0.148. The summed E-state index contributed by atoms with van der Waals surface area (Å²) >= 11 is 4.06. The van der Waals surface area contributed by atoms with E-state index in [-0.39, 0.29) is 15.6 Å². The van der Waals surface area contributed by atoms with Crippen LogP contribution in [0.2, 0.25) is 0 Å². The maximum atomic E-state index is 13.9. The fourth-order valence-electron chi connectivity index (χ4n) is 1.63. The van der Waals surface area contributed by atoms with Crippen molar-refractivity contribution in [3.05, 3.63) is 44.5 Å². The van der Waals surface area contributed by atoms with Crippen LogP contribution >= 0.6 is 27.7 Å². The number of hydrogen-bond acceptors (Lipinski definition) is 6. The van der Waals surface area contributed by atoms with Gasteiger partial charge in [-0.1, -0.05) is 0 Å². The molecule has 2 rings (SSSR count). The van der Waals surface area contributed by atoms with E-state index in [4.69, 9.17) is 0 Å². The summed E-state index contributed by atoms with van der Waals surface area (Å²) in [7, 11) is 1.21. The molecule has 0 aromatic heterocycles. The second-order valence-electron chi connectivity index (χ2n) is 4.39. The monoisotopic (exact) mass is 399 g/mol. The Bertz CT molecular complexity index is 762. The highest BCUT2D eigenvalue weighted by molar-refractivity contribution is 9.10. The topological polar surface area (TPSA) is 80.1 Å². The van der Waals surface area contributed by atoms with Crippen molar-refractivity contribution in [1.82, 2.24) is 5.32 Å². The van der Waals surface area contributed by atoms with Gasteiger partial charge in [-0.25, -0.2) is 9.18 Å². The van der Waals surface area contributed by atoms with Gasteiger partial charge in [0, 0.05) is 11.6 Å². The molecule has 1 aliphatic heterocycles. The van der Waals surface area contributed by atoms with Crippen LogP contribution in [0.3, 0.4) is 0 Å². The lowest BCUT2D eigenvalue weighted by atomic mass is 10.1. The van der Waals surface area contributed by atoms with Crippen molar-refractivity contribution < 1.29 is 18.7 Å². The summed E-state index contributed by atoms with van der Waals surface area (Å²) in [6.45, 7) is 1.82. The zero-order valence-corrected chi connectivity index (χ0v) is 14.5. The van der Waals surface area contributed by atoms with E-state index in [1.807, 2.05) is 6.92 Å². The Hall–Kier alpha value is -2.00. The van der Waals surface area contributed by atoms with Crippen LogP contribution in [0.4, 0.5) is 4.39 Å². The van der Waals surface area contributed by atoms with E-state index in [0.717, 1.165) is 23.4 Å². The summed E-state index contributed by atoms with van der Waals surface area (Å²) in [5, 5.41) is 10.2. The summed E-state index contributed by atoms with van der Waals surface area (Å²) < 4.78 is 18.6. The standard InChI is InChI=1S/C14H11BrFN3O3S/c1-7-3-8(12(16)9(15)4-7)6-17-19-14-18-13(21)10(23-14)5-11(20)22-2/h3-6H,1-2H3,(H,18,19,21)/b10-5+,17-6?. The largest absolute Gasteiger partial charge is 0.466 e. The Morgan fingerprint density at radius 2 is 2.22 bits per heavy atom. The molecule has 0 saturated carbocycles. The third-order valence-electron chi connectivity index (χ3n) is 2.65. The molecular weight excluding hydrogens is 389 g/mol. The third kappa shape index (κ3) is 4.49.